The fourth-order valence-electron chi connectivity index (χ4n) is 1.16. The van der Waals surface area contributed by atoms with Crippen molar-refractivity contribution < 1.29 is 4.74 Å². The van der Waals surface area contributed by atoms with Gasteiger partial charge in [-0.2, -0.15) is 15.2 Å². The molecule has 0 amide bonds. The number of halogens is 2. The van der Waals surface area contributed by atoms with E-state index in [1.165, 1.54) is 4.90 Å². The lowest BCUT2D eigenvalue weighted by Crippen LogP contribution is -2.34. The maximum atomic E-state index is 8.87. The Bertz CT molecular complexity index is 397. The van der Waals surface area contributed by atoms with Crippen LogP contribution in [0.2, 0.25) is 0 Å². The van der Waals surface area contributed by atoms with Gasteiger partial charge < -0.3 is 9.64 Å². The second-order valence-corrected chi connectivity index (χ2v) is 4.62. The van der Waals surface area contributed by atoms with Crippen molar-refractivity contribution in [3.8, 4) is 6.07 Å². The molecule has 0 spiro atoms. The smallest absolute Gasteiger partial charge is 0.317 e. The van der Waals surface area contributed by atoms with Gasteiger partial charge in [0.05, 0.1) is 11.5 Å². The van der Waals surface area contributed by atoms with Crippen LogP contribution in [0.4, 0.5) is 0 Å². The van der Waals surface area contributed by atoms with Crippen molar-refractivity contribution in [3.05, 3.63) is 0 Å². The van der Waals surface area contributed by atoms with Crippen molar-refractivity contribution in [3.63, 3.8) is 0 Å². The molecule has 1 unspecified atom stereocenters. The van der Waals surface area contributed by atoms with Gasteiger partial charge in [-0.05, 0) is 24.4 Å². The summed E-state index contributed by atoms with van der Waals surface area (Å²) >= 11 is 11.7. The minimum Gasteiger partial charge on any atom is -0.462 e. The van der Waals surface area contributed by atoms with Crippen LogP contribution in [0.25, 0.3) is 0 Å². The SMILES string of the molecule is CN1C(Cl)=NC(OCC2(C#N)CC2)=NC1Cl. The first-order chi connectivity index (χ1) is 7.56. The van der Waals surface area contributed by atoms with E-state index in [1.807, 2.05) is 0 Å². The van der Waals surface area contributed by atoms with Crippen LogP contribution >= 0.6 is 23.2 Å². The van der Waals surface area contributed by atoms with E-state index in [1.54, 1.807) is 7.05 Å². The zero-order chi connectivity index (χ0) is 11.8. The standard InChI is InChI=1S/C9H10Cl2N4O/c1-15-6(10)13-8(14-7(15)11)16-5-9(4-12)2-3-9/h6H,2-3,5H2,1H3. The summed E-state index contributed by atoms with van der Waals surface area (Å²) in [7, 11) is 1.68. The van der Waals surface area contributed by atoms with Crippen LogP contribution in [-0.2, 0) is 4.74 Å². The van der Waals surface area contributed by atoms with Crippen LogP contribution in [0.1, 0.15) is 12.8 Å². The molecule has 16 heavy (non-hydrogen) atoms. The second kappa shape index (κ2) is 4.11. The maximum Gasteiger partial charge on any atom is 0.317 e. The minimum atomic E-state index is -0.614. The van der Waals surface area contributed by atoms with Gasteiger partial charge in [-0.25, -0.2) is 0 Å². The van der Waals surface area contributed by atoms with Gasteiger partial charge >= 0.3 is 6.02 Å². The molecule has 1 saturated carbocycles. The molecule has 86 valence electrons. The van der Waals surface area contributed by atoms with Gasteiger partial charge in [0.25, 0.3) is 0 Å². The predicted octanol–water partition coefficient (Wildman–Crippen LogP) is 1.73. The first-order valence-electron chi connectivity index (χ1n) is 4.79. The molecule has 0 radical (unpaired) electrons. The molecule has 7 heteroatoms. The molecule has 0 aromatic heterocycles. The maximum absolute atomic E-state index is 8.87. The van der Waals surface area contributed by atoms with Gasteiger partial charge in [-0.3, -0.25) is 0 Å². The zero-order valence-electron chi connectivity index (χ0n) is 8.65. The van der Waals surface area contributed by atoms with Gasteiger partial charge in [0.15, 0.2) is 0 Å². The van der Waals surface area contributed by atoms with Gasteiger partial charge in [0, 0.05) is 7.05 Å². The Morgan fingerprint density at radius 3 is 2.88 bits per heavy atom. The van der Waals surface area contributed by atoms with Crippen LogP contribution in [0.3, 0.4) is 0 Å². The number of rotatable bonds is 2. The molecule has 1 atom stereocenters. The van der Waals surface area contributed by atoms with Crippen LogP contribution in [0, 0.1) is 16.7 Å². The molecule has 0 aromatic rings. The third-order valence-corrected chi connectivity index (χ3v) is 3.33. The monoisotopic (exact) mass is 260 g/mol. The summed E-state index contributed by atoms with van der Waals surface area (Å²) in [6.45, 7) is 0.295. The fraction of sp³-hybridized carbons (Fsp3) is 0.667. The Morgan fingerprint density at radius 2 is 2.38 bits per heavy atom. The number of hydrogen-bond donors (Lipinski definition) is 0. The summed E-state index contributed by atoms with van der Waals surface area (Å²) in [5.41, 5.74) is -0.965. The first kappa shape index (κ1) is 11.5. The zero-order valence-corrected chi connectivity index (χ0v) is 10.2. The van der Waals surface area contributed by atoms with E-state index in [4.69, 9.17) is 33.2 Å². The average Bonchev–Trinajstić information content (AvgIpc) is 3.03. The second-order valence-electron chi connectivity index (χ2n) is 3.89. The summed E-state index contributed by atoms with van der Waals surface area (Å²) in [4.78, 5) is 9.41. The lowest BCUT2D eigenvalue weighted by Gasteiger charge is -2.24. The van der Waals surface area contributed by atoms with Crippen molar-refractivity contribution in [2.75, 3.05) is 13.7 Å². The average molecular weight is 261 g/mol. The summed E-state index contributed by atoms with van der Waals surface area (Å²) in [6, 6.07) is 2.36. The molecule has 1 aliphatic heterocycles. The van der Waals surface area contributed by atoms with E-state index in [-0.39, 0.29) is 16.7 Å². The molecule has 1 aliphatic carbocycles. The van der Waals surface area contributed by atoms with Crippen molar-refractivity contribution in [1.29, 1.82) is 5.26 Å². The van der Waals surface area contributed by atoms with Crippen molar-refractivity contribution in [2.24, 2.45) is 15.4 Å². The Balaban J connectivity index is 1.96. The third-order valence-electron chi connectivity index (χ3n) is 2.58. The van der Waals surface area contributed by atoms with Crippen molar-refractivity contribution >= 4 is 34.5 Å². The summed E-state index contributed by atoms with van der Waals surface area (Å²) < 4.78 is 5.33. The number of aliphatic imine (C=N–C) groups is 2. The highest BCUT2D eigenvalue weighted by Crippen LogP contribution is 2.45. The number of alkyl halides is 1. The lowest BCUT2D eigenvalue weighted by molar-refractivity contribution is 0.246. The number of hydrogen-bond acceptors (Lipinski definition) is 5. The quantitative estimate of drug-likeness (QED) is 0.561. The van der Waals surface area contributed by atoms with E-state index in [2.05, 4.69) is 16.1 Å². The molecular formula is C9H10Cl2N4O. The fourth-order valence-corrected chi connectivity index (χ4v) is 1.55. The summed E-state index contributed by atoms with van der Waals surface area (Å²) in [6.07, 6.45) is 1.72. The Morgan fingerprint density at radius 1 is 1.69 bits per heavy atom. The van der Waals surface area contributed by atoms with Gasteiger partial charge in [-0.1, -0.05) is 11.6 Å². The summed E-state index contributed by atoms with van der Waals surface area (Å²) in [5.74, 6) is 0. The van der Waals surface area contributed by atoms with Crippen molar-refractivity contribution in [1.82, 2.24) is 4.90 Å². The Kier molecular flexibility index (Phi) is 2.96. The van der Waals surface area contributed by atoms with Crippen molar-refractivity contribution in [2.45, 2.75) is 18.5 Å². The molecule has 0 aromatic carbocycles. The van der Waals surface area contributed by atoms with E-state index >= 15 is 0 Å². The third kappa shape index (κ3) is 2.23. The molecule has 2 aliphatic rings. The predicted molar refractivity (Wildman–Crippen MR) is 61.4 cm³/mol. The van der Waals surface area contributed by atoms with Crippen LogP contribution in [-0.4, -0.2) is 35.5 Å². The largest absolute Gasteiger partial charge is 0.462 e. The highest BCUT2D eigenvalue weighted by atomic mass is 35.5. The summed E-state index contributed by atoms with van der Waals surface area (Å²) in [5, 5.41) is 9.09. The van der Waals surface area contributed by atoms with E-state index < -0.39 is 5.62 Å². The van der Waals surface area contributed by atoms with Gasteiger partial charge in [-0.15, -0.1) is 0 Å². The first-order valence-corrected chi connectivity index (χ1v) is 5.61. The molecular weight excluding hydrogens is 251 g/mol. The van der Waals surface area contributed by atoms with E-state index in [9.17, 15) is 0 Å². The highest BCUT2D eigenvalue weighted by Gasteiger charge is 2.44. The molecule has 0 N–H and O–H groups in total. The number of nitriles is 1. The Hall–Kier alpha value is -0.990. The lowest BCUT2D eigenvalue weighted by atomic mass is 10.2. The topological polar surface area (TPSA) is 61.0 Å². The normalized spacial score (nSPS) is 26.6. The number of nitrogens with zero attached hydrogens (tertiary/aromatic N) is 4. The molecule has 0 bridgehead atoms. The number of amidine groups is 2. The molecule has 2 rings (SSSR count). The molecule has 1 heterocycles. The minimum absolute atomic E-state index is 0.143. The molecule has 0 saturated heterocycles. The highest BCUT2D eigenvalue weighted by molar-refractivity contribution is 6.65. The molecule has 5 nitrogen and oxygen atoms in total. The van der Waals surface area contributed by atoms with Gasteiger partial charge in [0.1, 0.15) is 6.61 Å². The molecule has 1 fully saturated rings. The van der Waals surface area contributed by atoms with Crippen LogP contribution < -0.4 is 0 Å². The van der Waals surface area contributed by atoms with E-state index in [0.717, 1.165) is 12.8 Å². The number of ether oxygens (including phenoxy) is 1. The van der Waals surface area contributed by atoms with Gasteiger partial charge in [0.2, 0.25) is 10.9 Å². The van der Waals surface area contributed by atoms with Crippen LogP contribution in [0.15, 0.2) is 9.98 Å². The van der Waals surface area contributed by atoms with E-state index in [0.29, 0.717) is 6.61 Å². The van der Waals surface area contributed by atoms with Crippen LogP contribution in [0.5, 0.6) is 0 Å². The Labute approximate surface area is 103 Å².